The van der Waals surface area contributed by atoms with Crippen molar-refractivity contribution in [2.45, 2.75) is 12.5 Å². The summed E-state index contributed by atoms with van der Waals surface area (Å²) in [7, 11) is 6.84. The van der Waals surface area contributed by atoms with Crippen LogP contribution in [0.5, 0.6) is 0 Å². The number of methoxy groups -OCH3 is 2. The average Bonchev–Trinajstić information content (AvgIpc) is 2.36. The lowest BCUT2D eigenvalue weighted by Gasteiger charge is -2.30. The molecule has 0 radical (unpaired) electrons. The van der Waals surface area contributed by atoms with Crippen molar-refractivity contribution in [1.29, 1.82) is 0 Å². The van der Waals surface area contributed by atoms with E-state index >= 15 is 0 Å². The maximum absolute atomic E-state index is 11.7. The summed E-state index contributed by atoms with van der Waals surface area (Å²) in [6.07, 6.45) is 0.428. The molecule has 1 amide bonds. The summed E-state index contributed by atoms with van der Waals surface area (Å²) in [4.78, 5) is 15.5. The van der Waals surface area contributed by atoms with Crippen molar-refractivity contribution in [3.63, 3.8) is 0 Å². The minimum atomic E-state index is 0.0326. The molecule has 2 N–H and O–H groups in total. The molecule has 0 aliphatic heterocycles. The number of rotatable bonds is 10. The number of ether oxygens (including phenoxy) is 2. The van der Waals surface area contributed by atoms with E-state index in [1.807, 2.05) is 0 Å². The van der Waals surface area contributed by atoms with E-state index in [4.69, 9.17) is 15.2 Å². The first-order chi connectivity index (χ1) is 8.56. The van der Waals surface area contributed by atoms with Crippen LogP contribution in [0.4, 0.5) is 0 Å². The SMILES string of the molecule is COCCN(CCOC)C(CN)CC(=O)N(C)C. The summed E-state index contributed by atoms with van der Waals surface area (Å²) in [5.74, 6) is 0.0882. The highest BCUT2D eigenvalue weighted by Gasteiger charge is 2.20. The van der Waals surface area contributed by atoms with E-state index in [1.165, 1.54) is 0 Å². The zero-order valence-electron chi connectivity index (χ0n) is 12.0. The highest BCUT2D eigenvalue weighted by molar-refractivity contribution is 5.76. The van der Waals surface area contributed by atoms with Crippen molar-refractivity contribution in [2.75, 3.05) is 61.2 Å². The molecular weight excluding hydrogens is 234 g/mol. The number of hydrogen-bond acceptors (Lipinski definition) is 5. The summed E-state index contributed by atoms with van der Waals surface area (Å²) < 4.78 is 10.2. The number of amides is 1. The molecular formula is C12H27N3O3. The second-order valence-electron chi connectivity index (χ2n) is 4.40. The normalized spacial score (nSPS) is 12.8. The molecule has 0 aromatic carbocycles. The van der Waals surface area contributed by atoms with Gasteiger partial charge in [-0.2, -0.15) is 0 Å². The molecule has 0 aromatic rings. The molecule has 108 valence electrons. The summed E-state index contributed by atoms with van der Waals surface area (Å²) in [5, 5.41) is 0. The van der Waals surface area contributed by atoms with Gasteiger partial charge in [0.2, 0.25) is 5.91 Å². The molecule has 0 saturated carbocycles. The van der Waals surface area contributed by atoms with Crippen LogP contribution in [0, 0.1) is 0 Å². The van der Waals surface area contributed by atoms with Gasteiger partial charge in [-0.3, -0.25) is 9.69 Å². The summed E-state index contributed by atoms with van der Waals surface area (Å²) in [6.45, 7) is 3.20. The fourth-order valence-corrected chi connectivity index (χ4v) is 1.64. The molecule has 0 heterocycles. The van der Waals surface area contributed by atoms with Crippen molar-refractivity contribution in [1.82, 2.24) is 9.80 Å². The Morgan fingerprint density at radius 1 is 1.17 bits per heavy atom. The Hall–Kier alpha value is -0.690. The number of nitrogens with two attached hydrogens (primary N) is 1. The lowest BCUT2D eigenvalue weighted by Crippen LogP contribution is -2.46. The van der Waals surface area contributed by atoms with E-state index in [1.54, 1.807) is 33.2 Å². The second-order valence-corrected chi connectivity index (χ2v) is 4.40. The van der Waals surface area contributed by atoms with Crippen molar-refractivity contribution in [3.8, 4) is 0 Å². The van der Waals surface area contributed by atoms with Crippen LogP contribution in [0.25, 0.3) is 0 Å². The molecule has 0 aliphatic carbocycles. The van der Waals surface area contributed by atoms with Crippen LogP contribution >= 0.6 is 0 Å². The second kappa shape index (κ2) is 10.3. The van der Waals surface area contributed by atoms with Gasteiger partial charge in [0.05, 0.1) is 13.2 Å². The first-order valence-electron chi connectivity index (χ1n) is 6.18. The van der Waals surface area contributed by atoms with Gasteiger partial charge in [-0.1, -0.05) is 0 Å². The van der Waals surface area contributed by atoms with Crippen LogP contribution < -0.4 is 5.73 Å². The monoisotopic (exact) mass is 261 g/mol. The third kappa shape index (κ3) is 6.90. The molecule has 6 nitrogen and oxygen atoms in total. The molecule has 0 aliphatic rings. The third-order valence-corrected chi connectivity index (χ3v) is 2.86. The predicted octanol–water partition coefficient (Wildman–Crippen LogP) is -0.613. The maximum Gasteiger partial charge on any atom is 0.223 e. The predicted molar refractivity (Wildman–Crippen MR) is 71.5 cm³/mol. The van der Waals surface area contributed by atoms with E-state index in [0.29, 0.717) is 26.2 Å². The number of carbonyl (C=O) groups excluding carboxylic acids is 1. The van der Waals surface area contributed by atoms with E-state index in [9.17, 15) is 4.79 Å². The standard InChI is InChI=1S/C12H27N3O3/c1-14(2)12(16)9-11(10-13)15(5-7-17-3)6-8-18-4/h11H,5-10,13H2,1-4H3. The van der Waals surface area contributed by atoms with Crippen LogP contribution in [0.3, 0.4) is 0 Å². The number of hydrogen-bond donors (Lipinski definition) is 1. The highest BCUT2D eigenvalue weighted by atomic mass is 16.5. The first-order valence-corrected chi connectivity index (χ1v) is 6.18. The van der Waals surface area contributed by atoms with Gasteiger partial charge in [0.15, 0.2) is 0 Å². The number of carbonyl (C=O) groups is 1. The Bertz CT molecular complexity index is 217. The first kappa shape index (κ1) is 17.3. The average molecular weight is 261 g/mol. The summed E-state index contributed by atoms with van der Waals surface area (Å²) >= 11 is 0. The fraction of sp³-hybridized carbons (Fsp3) is 0.917. The van der Waals surface area contributed by atoms with Crippen molar-refractivity contribution in [3.05, 3.63) is 0 Å². The van der Waals surface area contributed by atoms with E-state index in [2.05, 4.69) is 4.90 Å². The lowest BCUT2D eigenvalue weighted by atomic mass is 10.1. The van der Waals surface area contributed by atoms with Gasteiger partial charge in [-0.15, -0.1) is 0 Å². The Labute approximate surface area is 110 Å². The Morgan fingerprint density at radius 3 is 2.00 bits per heavy atom. The van der Waals surface area contributed by atoms with Gasteiger partial charge in [0.25, 0.3) is 0 Å². The Morgan fingerprint density at radius 2 is 1.67 bits per heavy atom. The van der Waals surface area contributed by atoms with Gasteiger partial charge in [0, 0.05) is 60.4 Å². The van der Waals surface area contributed by atoms with Crippen LogP contribution in [0.1, 0.15) is 6.42 Å². The third-order valence-electron chi connectivity index (χ3n) is 2.86. The number of nitrogens with zero attached hydrogens (tertiary/aromatic N) is 2. The molecule has 0 aromatic heterocycles. The Balaban J connectivity index is 4.42. The zero-order valence-corrected chi connectivity index (χ0v) is 12.0. The van der Waals surface area contributed by atoms with Crippen molar-refractivity contribution < 1.29 is 14.3 Å². The van der Waals surface area contributed by atoms with Crippen LogP contribution in [-0.2, 0) is 14.3 Å². The van der Waals surface area contributed by atoms with Crippen LogP contribution in [0.15, 0.2) is 0 Å². The van der Waals surface area contributed by atoms with Gasteiger partial charge in [-0.05, 0) is 0 Å². The minimum Gasteiger partial charge on any atom is -0.383 e. The van der Waals surface area contributed by atoms with Crippen molar-refractivity contribution in [2.24, 2.45) is 5.73 Å². The van der Waals surface area contributed by atoms with E-state index < -0.39 is 0 Å². The maximum atomic E-state index is 11.7. The molecule has 0 fully saturated rings. The van der Waals surface area contributed by atoms with Gasteiger partial charge in [0.1, 0.15) is 0 Å². The molecule has 0 bridgehead atoms. The zero-order chi connectivity index (χ0) is 14.0. The lowest BCUT2D eigenvalue weighted by molar-refractivity contribution is -0.130. The summed E-state index contributed by atoms with van der Waals surface area (Å²) in [5.41, 5.74) is 5.77. The van der Waals surface area contributed by atoms with Gasteiger partial charge in [-0.25, -0.2) is 0 Å². The topological polar surface area (TPSA) is 68.0 Å². The minimum absolute atomic E-state index is 0.0326. The molecule has 0 rings (SSSR count). The van der Waals surface area contributed by atoms with E-state index in [-0.39, 0.29) is 11.9 Å². The highest BCUT2D eigenvalue weighted by Crippen LogP contribution is 2.05. The van der Waals surface area contributed by atoms with Crippen LogP contribution in [0.2, 0.25) is 0 Å². The van der Waals surface area contributed by atoms with Gasteiger partial charge >= 0.3 is 0 Å². The molecule has 6 heteroatoms. The molecule has 18 heavy (non-hydrogen) atoms. The Kier molecular flexibility index (Phi) is 9.86. The van der Waals surface area contributed by atoms with Crippen molar-refractivity contribution >= 4 is 5.91 Å². The molecule has 0 saturated heterocycles. The fourth-order valence-electron chi connectivity index (χ4n) is 1.64. The van der Waals surface area contributed by atoms with Crippen LogP contribution in [-0.4, -0.2) is 82.9 Å². The van der Waals surface area contributed by atoms with Gasteiger partial charge < -0.3 is 20.1 Å². The molecule has 0 spiro atoms. The largest absolute Gasteiger partial charge is 0.383 e. The molecule has 1 unspecified atom stereocenters. The smallest absolute Gasteiger partial charge is 0.223 e. The van der Waals surface area contributed by atoms with E-state index in [0.717, 1.165) is 13.1 Å². The summed E-state index contributed by atoms with van der Waals surface area (Å²) in [6, 6.07) is 0.0326. The quantitative estimate of drug-likeness (QED) is 0.568. The molecule has 1 atom stereocenters.